The Hall–Kier alpha value is -1.90. The first kappa shape index (κ1) is 13.5. The Balaban J connectivity index is 2.55. The molecule has 0 aliphatic rings. The molecule has 0 spiro atoms. The van der Waals surface area contributed by atoms with Gasteiger partial charge in [-0.15, -0.1) is 4.91 Å². The van der Waals surface area contributed by atoms with Crippen molar-refractivity contribution in [2.75, 3.05) is 11.9 Å². The van der Waals surface area contributed by atoms with Crippen LogP contribution in [-0.4, -0.2) is 23.3 Å². The van der Waals surface area contributed by atoms with Crippen LogP contribution in [0.3, 0.4) is 0 Å². The number of benzene rings is 1. The minimum absolute atomic E-state index is 0.128. The van der Waals surface area contributed by atoms with Crippen molar-refractivity contribution in [1.29, 1.82) is 0 Å². The predicted molar refractivity (Wildman–Crippen MR) is 80.1 cm³/mol. The van der Waals surface area contributed by atoms with E-state index in [1.807, 2.05) is 22.6 Å². The molecule has 6 nitrogen and oxygen atoms in total. The maximum absolute atomic E-state index is 11.0. The molecule has 0 atom stereocenters. The smallest absolute Gasteiger partial charge is 0.192 e. The third-order valence-electron chi connectivity index (χ3n) is 2.56. The number of aldehydes is 1. The van der Waals surface area contributed by atoms with E-state index in [1.54, 1.807) is 36.2 Å². The molecule has 0 aliphatic heterocycles. The molecule has 0 fully saturated rings. The lowest BCUT2D eigenvalue weighted by molar-refractivity contribution is 0.112. The Labute approximate surface area is 123 Å². The lowest BCUT2D eigenvalue weighted by Gasteiger charge is -2.20. The highest BCUT2D eigenvalue weighted by atomic mass is 127. The van der Waals surface area contributed by atoms with Crippen molar-refractivity contribution in [2.45, 2.75) is 0 Å². The van der Waals surface area contributed by atoms with Crippen molar-refractivity contribution >= 4 is 46.1 Å². The first-order valence-corrected chi connectivity index (χ1v) is 6.39. The van der Waals surface area contributed by atoms with Gasteiger partial charge in [-0.1, -0.05) is 12.1 Å². The van der Waals surface area contributed by atoms with Crippen LogP contribution in [0.2, 0.25) is 0 Å². The third-order valence-corrected chi connectivity index (χ3v) is 3.08. The van der Waals surface area contributed by atoms with Gasteiger partial charge in [0.05, 0.1) is 11.9 Å². The van der Waals surface area contributed by atoms with Crippen molar-refractivity contribution in [1.82, 2.24) is 9.97 Å². The topological polar surface area (TPSA) is 75.5 Å². The Morgan fingerprint density at radius 3 is 2.79 bits per heavy atom. The average Bonchev–Trinajstić information content (AvgIpc) is 2.46. The number of halogens is 1. The number of anilines is 2. The molecule has 0 radical (unpaired) electrons. The SMILES string of the molecule is CN(c1ccccc1C=O)c1nc(I)ncc1N=O. The quantitative estimate of drug-likeness (QED) is 0.359. The second kappa shape index (κ2) is 5.83. The van der Waals surface area contributed by atoms with E-state index in [2.05, 4.69) is 15.1 Å². The summed E-state index contributed by atoms with van der Waals surface area (Å²) >= 11 is 1.95. The van der Waals surface area contributed by atoms with Crippen molar-refractivity contribution in [3.8, 4) is 0 Å². The minimum Gasteiger partial charge on any atom is -0.327 e. The van der Waals surface area contributed by atoms with Crippen LogP contribution in [0.1, 0.15) is 10.4 Å². The summed E-state index contributed by atoms with van der Waals surface area (Å²) in [4.78, 5) is 31.6. The molecule has 1 aromatic carbocycles. The maximum Gasteiger partial charge on any atom is 0.192 e. The number of nitrogens with zero attached hydrogens (tertiary/aromatic N) is 4. The van der Waals surface area contributed by atoms with Crippen LogP contribution >= 0.6 is 22.6 Å². The van der Waals surface area contributed by atoms with Gasteiger partial charge in [-0.25, -0.2) is 9.97 Å². The summed E-state index contributed by atoms with van der Waals surface area (Å²) in [7, 11) is 1.72. The highest BCUT2D eigenvalue weighted by Crippen LogP contribution is 2.31. The van der Waals surface area contributed by atoms with Gasteiger partial charge in [0.25, 0.3) is 0 Å². The number of aromatic nitrogens is 2. The molecule has 0 aliphatic carbocycles. The van der Waals surface area contributed by atoms with Crippen LogP contribution in [0.4, 0.5) is 17.2 Å². The Kier molecular flexibility index (Phi) is 4.15. The van der Waals surface area contributed by atoms with Gasteiger partial charge in [-0.3, -0.25) is 4.79 Å². The highest BCUT2D eigenvalue weighted by Gasteiger charge is 2.15. The van der Waals surface area contributed by atoms with Gasteiger partial charge in [-0.05, 0) is 17.3 Å². The molecular formula is C12H9IN4O2. The Morgan fingerprint density at radius 1 is 1.37 bits per heavy atom. The molecule has 2 rings (SSSR count). The monoisotopic (exact) mass is 368 g/mol. The second-order valence-electron chi connectivity index (χ2n) is 3.67. The molecule has 0 saturated heterocycles. The number of nitroso groups, excluding NO2 is 1. The fourth-order valence-corrected chi connectivity index (χ4v) is 2.03. The van der Waals surface area contributed by atoms with Gasteiger partial charge < -0.3 is 4.90 Å². The third kappa shape index (κ3) is 2.75. The maximum atomic E-state index is 11.0. The number of rotatable bonds is 4. The summed E-state index contributed by atoms with van der Waals surface area (Å²) < 4.78 is 0.496. The summed E-state index contributed by atoms with van der Waals surface area (Å²) in [5.74, 6) is 0.365. The van der Waals surface area contributed by atoms with Crippen molar-refractivity contribution in [3.05, 3.63) is 44.8 Å². The van der Waals surface area contributed by atoms with E-state index < -0.39 is 0 Å². The van der Waals surface area contributed by atoms with Crippen LogP contribution in [0, 0.1) is 8.74 Å². The standard InChI is InChI=1S/C12H9IN4O2/c1-17(10-5-3-2-4-8(10)7-18)11-9(16-19)6-14-12(13)15-11/h2-7H,1H3. The lowest BCUT2D eigenvalue weighted by atomic mass is 10.2. The summed E-state index contributed by atoms with van der Waals surface area (Å²) in [6.45, 7) is 0. The molecular weight excluding hydrogens is 359 g/mol. The molecule has 19 heavy (non-hydrogen) atoms. The van der Waals surface area contributed by atoms with Gasteiger partial charge >= 0.3 is 0 Å². The van der Waals surface area contributed by atoms with Crippen molar-refractivity contribution in [3.63, 3.8) is 0 Å². The van der Waals surface area contributed by atoms with Crippen LogP contribution in [0.15, 0.2) is 35.6 Å². The van der Waals surface area contributed by atoms with Crippen LogP contribution < -0.4 is 4.90 Å². The van der Waals surface area contributed by atoms with Crippen LogP contribution in [-0.2, 0) is 0 Å². The number of carbonyl (C=O) groups is 1. The molecule has 0 unspecified atom stereocenters. The van der Waals surface area contributed by atoms with E-state index >= 15 is 0 Å². The fourth-order valence-electron chi connectivity index (χ4n) is 1.66. The van der Waals surface area contributed by atoms with E-state index in [9.17, 15) is 9.70 Å². The molecule has 7 heteroatoms. The number of para-hydroxylation sites is 1. The Bertz CT molecular complexity index is 633. The number of hydrogen-bond donors (Lipinski definition) is 0. The van der Waals surface area contributed by atoms with E-state index in [0.29, 0.717) is 20.9 Å². The molecule has 1 heterocycles. The van der Waals surface area contributed by atoms with Gasteiger partial charge in [0.15, 0.2) is 21.6 Å². The Morgan fingerprint density at radius 2 is 2.11 bits per heavy atom. The first-order chi connectivity index (χ1) is 9.17. The summed E-state index contributed by atoms with van der Waals surface area (Å²) in [6.07, 6.45) is 2.11. The molecule has 0 bridgehead atoms. The number of hydrogen-bond acceptors (Lipinski definition) is 6. The predicted octanol–water partition coefficient (Wildman–Crippen LogP) is 3.06. The highest BCUT2D eigenvalue weighted by molar-refractivity contribution is 14.1. The molecule has 2 aromatic rings. The summed E-state index contributed by atoms with van der Waals surface area (Å²) in [5, 5.41) is 2.91. The van der Waals surface area contributed by atoms with E-state index in [0.717, 1.165) is 6.29 Å². The lowest BCUT2D eigenvalue weighted by Crippen LogP contribution is -2.14. The van der Waals surface area contributed by atoms with Gasteiger partial charge in [0.1, 0.15) is 0 Å². The van der Waals surface area contributed by atoms with Crippen LogP contribution in [0.5, 0.6) is 0 Å². The van der Waals surface area contributed by atoms with E-state index in [-0.39, 0.29) is 5.69 Å². The van der Waals surface area contributed by atoms with Gasteiger partial charge in [0, 0.05) is 35.2 Å². The number of carbonyl (C=O) groups excluding carboxylic acids is 1. The normalized spacial score (nSPS) is 10.0. The zero-order chi connectivity index (χ0) is 13.8. The average molecular weight is 368 g/mol. The largest absolute Gasteiger partial charge is 0.327 e. The molecule has 1 aromatic heterocycles. The van der Waals surface area contributed by atoms with Gasteiger partial charge in [0.2, 0.25) is 0 Å². The zero-order valence-electron chi connectivity index (χ0n) is 9.95. The summed E-state index contributed by atoms with van der Waals surface area (Å²) in [5.41, 5.74) is 1.29. The van der Waals surface area contributed by atoms with Crippen LogP contribution in [0.25, 0.3) is 0 Å². The zero-order valence-corrected chi connectivity index (χ0v) is 12.1. The first-order valence-electron chi connectivity index (χ1n) is 5.31. The summed E-state index contributed by atoms with van der Waals surface area (Å²) in [6, 6.07) is 7.04. The molecule has 0 saturated carbocycles. The second-order valence-corrected chi connectivity index (χ2v) is 4.64. The van der Waals surface area contributed by atoms with Gasteiger partial charge in [-0.2, -0.15) is 0 Å². The molecule has 0 amide bonds. The fraction of sp³-hybridized carbons (Fsp3) is 0.0833. The van der Waals surface area contributed by atoms with Crippen molar-refractivity contribution < 1.29 is 4.79 Å². The molecule has 0 N–H and O–H groups in total. The van der Waals surface area contributed by atoms with E-state index in [1.165, 1.54) is 6.20 Å². The molecule has 96 valence electrons. The van der Waals surface area contributed by atoms with Crippen molar-refractivity contribution in [2.24, 2.45) is 5.18 Å². The van der Waals surface area contributed by atoms with E-state index in [4.69, 9.17) is 0 Å². The minimum atomic E-state index is 0.128.